The molecule has 4 rings (SSSR count). The van der Waals surface area contributed by atoms with E-state index < -0.39 is 10.2 Å². The molecule has 2 aromatic rings. The largest absolute Gasteiger partial charge is 0.363 e. The number of nitrogens with zero attached hydrogens (tertiary/aromatic N) is 6. The number of aromatic nitrogens is 4. The van der Waals surface area contributed by atoms with Crippen LogP contribution in [0.2, 0.25) is 0 Å². The smallest absolute Gasteiger partial charge is 0.295 e. The van der Waals surface area contributed by atoms with Crippen molar-refractivity contribution in [1.82, 2.24) is 28.1 Å². The third-order valence-electron chi connectivity index (χ3n) is 6.24. The first kappa shape index (κ1) is 22.9. The Hall–Kier alpha value is -2.31. The maximum Gasteiger partial charge on any atom is 0.295 e. The number of hydrogen-bond donors (Lipinski definition) is 2. The van der Waals surface area contributed by atoms with Gasteiger partial charge in [0.15, 0.2) is 11.5 Å². The number of nitrogens with one attached hydrogen (secondary N) is 2. The molecular weight excluding hydrogens is 432 g/mol. The number of fused-ring (bicyclic) bond motifs is 1. The highest BCUT2D eigenvalue weighted by molar-refractivity contribution is 7.86. The van der Waals surface area contributed by atoms with E-state index in [1.54, 1.807) is 10.8 Å². The van der Waals surface area contributed by atoms with E-state index in [1.165, 1.54) is 22.7 Å². The van der Waals surface area contributed by atoms with Gasteiger partial charge in [0.2, 0.25) is 5.95 Å². The molecule has 0 aromatic carbocycles. The van der Waals surface area contributed by atoms with E-state index >= 15 is 0 Å². The van der Waals surface area contributed by atoms with Crippen LogP contribution in [-0.4, -0.2) is 76.3 Å². The molecule has 0 atom stereocenters. The van der Waals surface area contributed by atoms with Crippen molar-refractivity contribution in [3.63, 3.8) is 0 Å². The molecule has 32 heavy (non-hydrogen) atoms. The summed E-state index contributed by atoms with van der Waals surface area (Å²) in [6, 6.07) is 0.0743. The Balaban J connectivity index is 1.62. The molecule has 0 spiro atoms. The lowest BCUT2D eigenvalue weighted by Gasteiger charge is -2.33. The summed E-state index contributed by atoms with van der Waals surface area (Å²) in [4.78, 5) is 26.9. The van der Waals surface area contributed by atoms with E-state index in [0.29, 0.717) is 49.6 Å². The predicted molar refractivity (Wildman–Crippen MR) is 124 cm³/mol. The van der Waals surface area contributed by atoms with Crippen LogP contribution in [0.5, 0.6) is 0 Å². The minimum absolute atomic E-state index is 0.0276. The van der Waals surface area contributed by atoms with Crippen LogP contribution in [0.3, 0.4) is 0 Å². The third kappa shape index (κ3) is 4.44. The molecular formula is C20H32N8O3S. The average Bonchev–Trinajstić information content (AvgIpc) is 3.29. The second-order valence-corrected chi connectivity index (χ2v) is 10.8. The summed E-state index contributed by atoms with van der Waals surface area (Å²) in [7, 11) is -0.354. The molecule has 12 heteroatoms. The first-order chi connectivity index (χ1) is 15.3. The van der Waals surface area contributed by atoms with Crippen molar-refractivity contribution in [2.24, 2.45) is 0 Å². The van der Waals surface area contributed by atoms with Crippen LogP contribution >= 0.6 is 0 Å². The SMILES string of the molecule is CCNc1ncc2nc(NC3CCN(S(=O)(=O)N(C)C)CC3)c(=O)n(C3CCCC3)c2n1. The fourth-order valence-corrected chi connectivity index (χ4v) is 5.63. The molecule has 2 aromatic heterocycles. The van der Waals surface area contributed by atoms with Gasteiger partial charge in [0.05, 0.1) is 6.20 Å². The lowest BCUT2D eigenvalue weighted by Crippen LogP contribution is -2.47. The normalized spacial score (nSPS) is 19.1. The van der Waals surface area contributed by atoms with Crippen LogP contribution in [0.1, 0.15) is 51.5 Å². The van der Waals surface area contributed by atoms with Gasteiger partial charge in [0.1, 0.15) is 5.52 Å². The highest BCUT2D eigenvalue weighted by atomic mass is 32.2. The summed E-state index contributed by atoms with van der Waals surface area (Å²) in [6.45, 7) is 3.46. The van der Waals surface area contributed by atoms with Crippen LogP contribution in [0.25, 0.3) is 11.2 Å². The maximum atomic E-state index is 13.5. The topological polar surface area (TPSA) is 125 Å². The maximum absolute atomic E-state index is 13.5. The van der Waals surface area contributed by atoms with Gasteiger partial charge in [-0.2, -0.15) is 22.0 Å². The monoisotopic (exact) mass is 464 g/mol. The lowest BCUT2D eigenvalue weighted by atomic mass is 10.1. The van der Waals surface area contributed by atoms with Gasteiger partial charge >= 0.3 is 0 Å². The summed E-state index contributed by atoms with van der Waals surface area (Å²) in [5, 5.41) is 6.40. The molecule has 1 saturated heterocycles. The van der Waals surface area contributed by atoms with Gasteiger partial charge in [-0.1, -0.05) is 12.8 Å². The van der Waals surface area contributed by atoms with Gasteiger partial charge in [-0.05, 0) is 32.6 Å². The lowest BCUT2D eigenvalue weighted by molar-refractivity contribution is 0.310. The minimum Gasteiger partial charge on any atom is -0.363 e. The van der Waals surface area contributed by atoms with Crippen molar-refractivity contribution in [3.8, 4) is 0 Å². The second-order valence-electron chi connectivity index (χ2n) is 8.61. The molecule has 2 aliphatic rings. The molecule has 2 fully saturated rings. The van der Waals surface area contributed by atoms with Crippen LogP contribution in [0.15, 0.2) is 11.0 Å². The fourth-order valence-electron chi connectivity index (χ4n) is 4.49. The molecule has 0 radical (unpaired) electrons. The van der Waals surface area contributed by atoms with Gasteiger partial charge < -0.3 is 10.6 Å². The molecule has 0 bridgehead atoms. The van der Waals surface area contributed by atoms with Crippen molar-refractivity contribution in [2.75, 3.05) is 44.4 Å². The second kappa shape index (κ2) is 9.28. The van der Waals surface area contributed by atoms with Gasteiger partial charge in [-0.25, -0.2) is 9.97 Å². The number of piperidine rings is 1. The summed E-state index contributed by atoms with van der Waals surface area (Å²) in [5.74, 6) is 0.779. The molecule has 1 aliphatic heterocycles. The van der Waals surface area contributed by atoms with E-state index in [4.69, 9.17) is 0 Å². The first-order valence-corrected chi connectivity index (χ1v) is 12.7. The molecule has 1 saturated carbocycles. The Morgan fingerprint density at radius 3 is 2.44 bits per heavy atom. The Bertz CT molecular complexity index is 1120. The summed E-state index contributed by atoms with van der Waals surface area (Å²) < 4.78 is 29.2. The Morgan fingerprint density at radius 1 is 1.12 bits per heavy atom. The van der Waals surface area contributed by atoms with E-state index in [1.807, 2.05) is 6.92 Å². The van der Waals surface area contributed by atoms with E-state index in [9.17, 15) is 13.2 Å². The zero-order valence-electron chi connectivity index (χ0n) is 18.9. The molecule has 3 heterocycles. The molecule has 11 nitrogen and oxygen atoms in total. The van der Waals surface area contributed by atoms with Crippen LogP contribution in [0, 0.1) is 0 Å². The van der Waals surface area contributed by atoms with E-state index in [2.05, 4.69) is 25.6 Å². The zero-order valence-corrected chi connectivity index (χ0v) is 19.7. The number of hydrogen-bond acceptors (Lipinski definition) is 8. The average molecular weight is 465 g/mol. The van der Waals surface area contributed by atoms with Crippen molar-refractivity contribution in [3.05, 3.63) is 16.6 Å². The summed E-state index contributed by atoms with van der Waals surface area (Å²) in [5.41, 5.74) is 0.965. The predicted octanol–water partition coefficient (Wildman–Crippen LogP) is 1.42. The van der Waals surface area contributed by atoms with Crippen molar-refractivity contribution >= 4 is 33.1 Å². The van der Waals surface area contributed by atoms with E-state index in [-0.39, 0.29) is 23.5 Å². The summed E-state index contributed by atoms with van der Waals surface area (Å²) >= 11 is 0. The summed E-state index contributed by atoms with van der Waals surface area (Å²) in [6.07, 6.45) is 6.93. The van der Waals surface area contributed by atoms with Crippen LogP contribution in [0.4, 0.5) is 11.8 Å². The van der Waals surface area contributed by atoms with Crippen LogP contribution < -0.4 is 16.2 Å². The first-order valence-electron chi connectivity index (χ1n) is 11.3. The van der Waals surface area contributed by atoms with Gasteiger partial charge in [-0.15, -0.1) is 0 Å². The molecule has 0 unspecified atom stereocenters. The van der Waals surface area contributed by atoms with Crippen molar-refractivity contribution < 1.29 is 8.42 Å². The molecule has 2 N–H and O–H groups in total. The van der Waals surface area contributed by atoms with E-state index in [0.717, 1.165) is 25.7 Å². The van der Waals surface area contributed by atoms with Crippen molar-refractivity contribution in [2.45, 2.75) is 57.5 Å². The quantitative estimate of drug-likeness (QED) is 0.630. The van der Waals surface area contributed by atoms with Gasteiger partial charge in [0, 0.05) is 45.8 Å². The highest BCUT2D eigenvalue weighted by Gasteiger charge is 2.30. The Kier molecular flexibility index (Phi) is 6.63. The number of rotatable bonds is 7. The van der Waals surface area contributed by atoms with Gasteiger partial charge in [0.25, 0.3) is 15.8 Å². The number of anilines is 2. The van der Waals surface area contributed by atoms with Crippen molar-refractivity contribution in [1.29, 1.82) is 0 Å². The van der Waals surface area contributed by atoms with Crippen LogP contribution in [-0.2, 0) is 10.2 Å². The highest BCUT2D eigenvalue weighted by Crippen LogP contribution is 2.30. The Labute approximate surface area is 188 Å². The Morgan fingerprint density at radius 2 is 1.81 bits per heavy atom. The molecule has 176 valence electrons. The standard InChI is InChI=1S/C20H32N8O3S/c1-4-21-20-22-13-16-18(25-20)28(15-7-5-6-8-15)19(29)17(24-16)23-14-9-11-27(12-10-14)32(30,31)26(2)3/h13-15H,4-12H2,1-3H3,(H,23,24)(H,21,22,25). The molecule has 1 aliphatic carbocycles. The minimum atomic E-state index is -3.42. The third-order valence-corrected chi connectivity index (χ3v) is 8.18. The fraction of sp³-hybridized carbons (Fsp3) is 0.700. The molecule has 0 amide bonds. The zero-order chi connectivity index (χ0) is 22.9. The van der Waals surface area contributed by atoms with Gasteiger partial charge in [-0.3, -0.25) is 9.36 Å².